The van der Waals surface area contributed by atoms with Crippen LogP contribution in [0.25, 0.3) is 11.5 Å². The number of benzene rings is 1. The first-order chi connectivity index (χ1) is 14.2. The van der Waals surface area contributed by atoms with Gasteiger partial charge in [0, 0.05) is 18.7 Å². The van der Waals surface area contributed by atoms with E-state index in [-0.39, 0.29) is 27.2 Å². The van der Waals surface area contributed by atoms with Crippen LogP contribution in [-0.2, 0) is 9.30 Å². The topological polar surface area (TPSA) is 139 Å². The van der Waals surface area contributed by atoms with Gasteiger partial charge in [0.2, 0.25) is 11.3 Å². The van der Waals surface area contributed by atoms with Crippen LogP contribution in [0.5, 0.6) is 0 Å². The summed E-state index contributed by atoms with van der Waals surface area (Å²) < 4.78 is 22.0. The van der Waals surface area contributed by atoms with Crippen molar-refractivity contribution < 1.29 is 28.3 Å². The van der Waals surface area contributed by atoms with Gasteiger partial charge in [-0.25, -0.2) is 4.98 Å². The zero-order valence-electron chi connectivity index (χ0n) is 15.4. The summed E-state index contributed by atoms with van der Waals surface area (Å²) in [6, 6.07) is 7.52. The molecule has 0 aliphatic carbocycles. The average Bonchev–Trinajstić information content (AvgIpc) is 3.34. The number of ether oxygens (including phenoxy) is 1. The van der Waals surface area contributed by atoms with Crippen LogP contribution in [0.4, 0.5) is 10.8 Å². The van der Waals surface area contributed by atoms with E-state index in [4.69, 9.17) is 26.5 Å². The molecule has 0 spiro atoms. The summed E-state index contributed by atoms with van der Waals surface area (Å²) >= 11 is 7.39. The largest absolute Gasteiger partial charge is 0.446 e. The lowest BCUT2D eigenvalue weighted by molar-refractivity contribution is 0.104. The Morgan fingerprint density at radius 2 is 1.97 bits per heavy atom. The van der Waals surface area contributed by atoms with Crippen LogP contribution in [0.1, 0.15) is 15.2 Å². The summed E-state index contributed by atoms with van der Waals surface area (Å²) in [6.07, 6.45) is 0. The Hall–Kier alpha value is -2.20. The van der Waals surface area contributed by atoms with Gasteiger partial charge in [-0.2, -0.15) is 0 Å². The molecule has 4 N–H and O–H groups in total. The lowest BCUT2D eigenvalue weighted by Gasteiger charge is -2.29. The van der Waals surface area contributed by atoms with E-state index in [0.717, 1.165) is 23.1 Å². The first-order valence-corrected chi connectivity index (χ1v) is 11.6. The van der Waals surface area contributed by atoms with Crippen LogP contribution in [0.15, 0.2) is 34.7 Å². The molecule has 1 fully saturated rings. The number of hydrogen-bond donors (Lipinski definition) is 3. The summed E-state index contributed by atoms with van der Waals surface area (Å²) in [5, 5.41) is 0.557. The minimum Gasteiger partial charge on any atom is -0.446 e. The number of carbonyl (C=O) groups excluding carboxylic acids is 1. The zero-order valence-corrected chi connectivity index (χ0v) is 17.9. The number of anilines is 2. The first kappa shape index (κ1) is 21.0. The molecule has 0 atom stereocenters. The van der Waals surface area contributed by atoms with Crippen molar-refractivity contribution >= 4 is 52.6 Å². The average molecular weight is 470 g/mol. The van der Waals surface area contributed by atoms with Crippen molar-refractivity contribution in [1.29, 1.82) is 0 Å². The van der Waals surface area contributed by atoms with Crippen LogP contribution < -0.4 is 16.1 Å². The molecule has 3 aromatic rings. The van der Waals surface area contributed by atoms with E-state index in [1.54, 1.807) is 18.2 Å². The molecule has 9 nitrogen and oxygen atoms in total. The second kappa shape index (κ2) is 8.14. The molecule has 1 aliphatic rings. The fourth-order valence-corrected chi connectivity index (χ4v) is 4.69. The van der Waals surface area contributed by atoms with Crippen molar-refractivity contribution in [3.8, 4) is 11.5 Å². The second-order valence-corrected chi connectivity index (χ2v) is 9.47. The van der Waals surface area contributed by atoms with E-state index in [9.17, 15) is 19.1 Å². The number of nitrogen functional groups attached to an aromatic ring is 1. The van der Waals surface area contributed by atoms with E-state index >= 15 is 0 Å². The monoisotopic (exact) mass is 469 g/mol. The van der Waals surface area contributed by atoms with Crippen molar-refractivity contribution in [1.82, 2.24) is 4.98 Å². The molecule has 3 heterocycles. The Morgan fingerprint density at radius 1 is 1.23 bits per heavy atom. The smallest absolute Gasteiger partial charge is 0.391 e. The second-order valence-electron chi connectivity index (χ2n) is 6.51. The number of halogens is 1. The molecular formula is C18H17ClN3O6PS. The van der Waals surface area contributed by atoms with E-state index in [2.05, 4.69) is 9.88 Å². The number of thiazole rings is 1. The molecule has 12 heteroatoms. The summed E-state index contributed by atoms with van der Waals surface area (Å²) in [5.41, 5.74) is 6.55. The van der Waals surface area contributed by atoms with Gasteiger partial charge in [0.25, 0.3) is 0 Å². The SMILES string of the molecule is Nc1nc(-c2ccc(P(=O)(O)O)o2)c(C(=O)c2ccc(N3CCOCC3)c(Cl)c2)s1. The van der Waals surface area contributed by atoms with Crippen molar-refractivity contribution in [2.75, 3.05) is 36.9 Å². The Morgan fingerprint density at radius 3 is 2.60 bits per heavy atom. The van der Waals surface area contributed by atoms with Crippen LogP contribution >= 0.6 is 30.5 Å². The molecule has 0 radical (unpaired) electrons. The summed E-state index contributed by atoms with van der Waals surface area (Å²) in [6.45, 7) is 2.65. The third kappa shape index (κ3) is 4.15. The van der Waals surface area contributed by atoms with E-state index in [1.807, 2.05) is 0 Å². The third-order valence-corrected chi connectivity index (χ3v) is 6.52. The van der Waals surface area contributed by atoms with Gasteiger partial charge in [-0.15, -0.1) is 0 Å². The van der Waals surface area contributed by atoms with Gasteiger partial charge < -0.3 is 29.6 Å². The Balaban J connectivity index is 1.66. The lowest BCUT2D eigenvalue weighted by atomic mass is 10.1. The quantitative estimate of drug-likeness (QED) is 0.380. The predicted molar refractivity (Wildman–Crippen MR) is 114 cm³/mol. The van der Waals surface area contributed by atoms with Crippen molar-refractivity contribution in [2.24, 2.45) is 0 Å². The number of rotatable bonds is 5. The molecule has 1 aromatic carbocycles. The minimum atomic E-state index is -4.57. The molecule has 1 saturated heterocycles. The fraction of sp³-hybridized carbons (Fsp3) is 0.222. The highest BCUT2D eigenvalue weighted by atomic mass is 35.5. The normalized spacial score (nSPS) is 14.8. The molecule has 30 heavy (non-hydrogen) atoms. The molecular weight excluding hydrogens is 453 g/mol. The highest BCUT2D eigenvalue weighted by Crippen LogP contribution is 2.38. The van der Waals surface area contributed by atoms with Crippen LogP contribution in [0, 0.1) is 0 Å². The Labute approximate surface area is 180 Å². The number of ketones is 1. The third-order valence-electron chi connectivity index (χ3n) is 4.52. The molecule has 0 saturated carbocycles. The maximum absolute atomic E-state index is 13.1. The number of aromatic nitrogens is 1. The molecule has 158 valence electrons. The lowest BCUT2D eigenvalue weighted by Crippen LogP contribution is -2.36. The summed E-state index contributed by atoms with van der Waals surface area (Å²) in [4.78, 5) is 38.0. The number of furan rings is 1. The first-order valence-electron chi connectivity index (χ1n) is 8.83. The van der Waals surface area contributed by atoms with Gasteiger partial charge in [0.15, 0.2) is 10.9 Å². The van der Waals surface area contributed by atoms with Crippen molar-refractivity contribution in [2.45, 2.75) is 0 Å². The summed E-state index contributed by atoms with van der Waals surface area (Å²) in [5.74, 6) is -0.329. The maximum atomic E-state index is 13.1. The molecule has 2 aromatic heterocycles. The number of nitrogens with two attached hydrogens (primary N) is 1. The standard InChI is InChI=1S/C18H17ClN3O6PS/c19-11-9-10(1-2-12(11)22-5-7-27-8-6-22)16(23)17-15(21-18(20)30-17)13-3-4-14(28-13)29(24,25)26/h1-4,9H,5-8H2,(H2,20,21)(H2,24,25,26). The molecule has 0 bridgehead atoms. The molecule has 0 amide bonds. The van der Waals surface area contributed by atoms with Gasteiger partial charge >= 0.3 is 7.60 Å². The van der Waals surface area contributed by atoms with E-state index in [0.29, 0.717) is 36.9 Å². The highest BCUT2D eigenvalue weighted by molar-refractivity contribution is 7.59. The number of hydrogen-bond acceptors (Lipinski definition) is 8. The van der Waals surface area contributed by atoms with E-state index < -0.39 is 13.1 Å². The van der Waals surface area contributed by atoms with Gasteiger partial charge in [-0.05, 0) is 30.3 Å². The summed E-state index contributed by atoms with van der Waals surface area (Å²) in [7, 11) is -4.57. The molecule has 4 rings (SSSR count). The van der Waals surface area contributed by atoms with Crippen molar-refractivity contribution in [3.05, 3.63) is 45.8 Å². The minimum absolute atomic E-state index is 0.0423. The number of carbonyl (C=O) groups is 1. The zero-order chi connectivity index (χ0) is 21.5. The molecule has 1 aliphatic heterocycles. The van der Waals surface area contributed by atoms with Crippen LogP contribution in [0.3, 0.4) is 0 Å². The van der Waals surface area contributed by atoms with Gasteiger partial charge in [0.1, 0.15) is 10.6 Å². The van der Waals surface area contributed by atoms with Gasteiger partial charge in [0.05, 0.1) is 23.9 Å². The van der Waals surface area contributed by atoms with Crippen molar-refractivity contribution in [3.63, 3.8) is 0 Å². The highest BCUT2D eigenvalue weighted by Gasteiger charge is 2.27. The predicted octanol–water partition coefficient (Wildman–Crippen LogP) is 2.51. The molecule has 0 unspecified atom stereocenters. The fourth-order valence-electron chi connectivity index (χ4n) is 3.11. The van der Waals surface area contributed by atoms with E-state index in [1.165, 1.54) is 6.07 Å². The van der Waals surface area contributed by atoms with Crippen LogP contribution in [0.2, 0.25) is 5.02 Å². The number of nitrogens with zero attached hydrogens (tertiary/aromatic N) is 2. The Kier molecular flexibility index (Phi) is 5.71. The van der Waals surface area contributed by atoms with Gasteiger partial charge in [-0.3, -0.25) is 9.36 Å². The maximum Gasteiger partial charge on any atom is 0.391 e. The number of morpholine rings is 1. The van der Waals surface area contributed by atoms with Gasteiger partial charge in [-0.1, -0.05) is 22.9 Å². The van der Waals surface area contributed by atoms with Crippen LogP contribution in [-0.4, -0.2) is 46.9 Å². The Bertz CT molecular complexity index is 1150.